The molecule has 0 aliphatic heterocycles. The Balaban J connectivity index is 4.01. The van der Waals surface area contributed by atoms with Crippen LogP contribution in [-0.2, 0) is 4.79 Å². The second-order valence-electron chi connectivity index (χ2n) is 2.38. The maximum Gasteiger partial charge on any atom is 0.177 e. The molecule has 5 N–H and O–H groups in total. The molecule has 0 heterocycles. The van der Waals surface area contributed by atoms with Crippen LogP contribution in [0.4, 0.5) is 0 Å². The van der Waals surface area contributed by atoms with Crippen molar-refractivity contribution in [2.45, 2.75) is 25.2 Å². The van der Waals surface area contributed by atoms with E-state index in [1.165, 1.54) is 6.92 Å². The molecule has 11 heavy (non-hydrogen) atoms. The lowest BCUT2D eigenvalue weighted by molar-refractivity contribution is -0.127. The Morgan fingerprint density at radius 3 is 2.27 bits per heavy atom. The standard InChI is InChI=1S/C6H13NO4/c1-3(9)6(11)5(7)4(10)2-8/h3,5-6,8-9,11H,2,7H2,1H3/t3-,5-,6-/m1/s1. The van der Waals surface area contributed by atoms with Gasteiger partial charge in [-0.15, -0.1) is 0 Å². The van der Waals surface area contributed by atoms with Gasteiger partial charge in [-0.3, -0.25) is 4.79 Å². The zero-order valence-corrected chi connectivity index (χ0v) is 6.27. The molecular weight excluding hydrogens is 150 g/mol. The highest BCUT2D eigenvalue weighted by Gasteiger charge is 2.25. The van der Waals surface area contributed by atoms with Crippen molar-refractivity contribution in [2.75, 3.05) is 6.61 Å². The summed E-state index contributed by atoms with van der Waals surface area (Å²) in [5, 5.41) is 26.1. The SMILES string of the molecule is C[C@@H](O)[C@@H](O)[C@H](N)C(=O)CO. The summed E-state index contributed by atoms with van der Waals surface area (Å²) in [5.41, 5.74) is 5.15. The van der Waals surface area contributed by atoms with E-state index < -0.39 is 30.6 Å². The molecule has 0 aromatic rings. The number of Topliss-reactive ketones (excluding diaryl/α,β-unsaturated/α-hetero) is 1. The minimum Gasteiger partial charge on any atom is -0.391 e. The van der Waals surface area contributed by atoms with Crippen molar-refractivity contribution < 1.29 is 20.1 Å². The van der Waals surface area contributed by atoms with Crippen LogP contribution < -0.4 is 5.73 Å². The molecule has 0 saturated heterocycles. The number of hydrogen-bond acceptors (Lipinski definition) is 5. The van der Waals surface area contributed by atoms with Crippen molar-refractivity contribution in [1.29, 1.82) is 0 Å². The molecule has 0 rings (SSSR count). The molecule has 5 nitrogen and oxygen atoms in total. The van der Waals surface area contributed by atoms with Gasteiger partial charge >= 0.3 is 0 Å². The molecule has 0 unspecified atom stereocenters. The Labute approximate surface area is 64.4 Å². The second-order valence-corrected chi connectivity index (χ2v) is 2.38. The molecular formula is C6H13NO4. The maximum absolute atomic E-state index is 10.6. The fourth-order valence-electron chi connectivity index (χ4n) is 0.596. The van der Waals surface area contributed by atoms with Crippen LogP contribution in [0.5, 0.6) is 0 Å². The molecule has 5 heteroatoms. The summed E-state index contributed by atoms with van der Waals surface area (Å²) in [6.07, 6.45) is -2.38. The van der Waals surface area contributed by atoms with E-state index in [4.69, 9.17) is 21.1 Å². The van der Waals surface area contributed by atoms with Gasteiger partial charge in [-0.05, 0) is 6.92 Å². The third kappa shape index (κ3) is 2.94. The van der Waals surface area contributed by atoms with Crippen LogP contribution in [0.2, 0.25) is 0 Å². The Morgan fingerprint density at radius 2 is 2.00 bits per heavy atom. The van der Waals surface area contributed by atoms with Gasteiger partial charge in [0.15, 0.2) is 5.78 Å². The average molecular weight is 163 g/mol. The van der Waals surface area contributed by atoms with E-state index in [9.17, 15) is 4.79 Å². The number of aliphatic hydroxyl groups is 3. The summed E-state index contributed by atoms with van der Waals surface area (Å²) in [4.78, 5) is 10.6. The number of rotatable bonds is 4. The third-order valence-corrected chi connectivity index (χ3v) is 1.39. The number of carbonyl (C=O) groups excluding carboxylic acids is 1. The second kappa shape index (κ2) is 4.40. The highest BCUT2D eigenvalue weighted by molar-refractivity contribution is 5.85. The van der Waals surface area contributed by atoms with Crippen LogP contribution in [0, 0.1) is 0 Å². The summed E-state index contributed by atoms with van der Waals surface area (Å²) in [5.74, 6) is -0.682. The Kier molecular flexibility index (Phi) is 4.20. The van der Waals surface area contributed by atoms with E-state index in [0.29, 0.717) is 0 Å². The van der Waals surface area contributed by atoms with Gasteiger partial charge in [0.05, 0.1) is 12.1 Å². The normalized spacial score (nSPS) is 19.0. The summed E-state index contributed by atoms with van der Waals surface area (Å²) < 4.78 is 0. The summed E-state index contributed by atoms with van der Waals surface area (Å²) in [7, 11) is 0. The van der Waals surface area contributed by atoms with Crippen LogP contribution in [0.1, 0.15) is 6.92 Å². The first-order valence-electron chi connectivity index (χ1n) is 3.26. The Morgan fingerprint density at radius 1 is 1.55 bits per heavy atom. The van der Waals surface area contributed by atoms with E-state index >= 15 is 0 Å². The first kappa shape index (κ1) is 10.5. The predicted molar refractivity (Wildman–Crippen MR) is 37.8 cm³/mol. The topological polar surface area (TPSA) is 104 Å². The molecule has 0 radical (unpaired) electrons. The summed E-state index contributed by atoms with van der Waals surface area (Å²) in [6.45, 7) is 0.597. The van der Waals surface area contributed by atoms with Gasteiger partial charge in [0.2, 0.25) is 0 Å². The fraction of sp³-hybridized carbons (Fsp3) is 0.833. The van der Waals surface area contributed by atoms with E-state index in [1.54, 1.807) is 0 Å². The molecule has 0 saturated carbocycles. The smallest absolute Gasteiger partial charge is 0.177 e. The van der Waals surface area contributed by atoms with Crippen LogP contribution in [-0.4, -0.2) is 46.0 Å². The number of ketones is 1. The van der Waals surface area contributed by atoms with Crippen molar-refractivity contribution in [3.63, 3.8) is 0 Å². The van der Waals surface area contributed by atoms with Gasteiger partial charge in [0.1, 0.15) is 12.7 Å². The van der Waals surface area contributed by atoms with Gasteiger partial charge < -0.3 is 21.1 Å². The zero-order chi connectivity index (χ0) is 9.02. The van der Waals surface area contributed by atoms with E-state index in [1.807, 2.05) is 0 Å². The Bertz CT molecular complexity index is 137. The average Bonchev–Trinajstić information content (AvgIpc) is 2.00. The monoisotopic (exact) mass is 163 g/mol. The largest absolute Gasteiger partial charge is 0.391 e. The lowest BCUT2D eigenvalue weighted by Crippen LogP contribution is -2.48. The van der Waals surface area contributed by atoms with Crippen LogP contribution in [0.25, 0.3) is 0 Å². The van der Waals surface area contributed by atoms with Gasteiger partial charge in [-0.25, -0.2) is 0 Å². The third-order valence-electron chi connectivity index (χ3n) is 1.39. The molecule has 0 aliphatic rings. The quantitative estimate of drug-likeness (QED) is 0.370. The van der Waals surface area contributed by atoms with Crippen LogP contribution in [0.15, 0.2) is 0 Å². The van der Waals surface area contributed by atoms with Crippen LogP contribution >= 0.6 is 0 Å². The first-order chi connectivity index (χ1) is 5.00. The number of carbonyl (C=O) groups is 1. The number of hydrogen-bond donors (Lipinski definition) is 4. The first-order valence-corrected chi connectivity index (χ1v) is 3.26. The molecule has 0 spiro atoms. The lowest BCUT2D eigenvalue weighted by Gasteiger charge is -2.18. The van der Waals surface area contributed by atoms with Gasteiger partial charge in [-0.1, -0.05) is 0 Å². The van der Waals surface area contributed by atoms with Crippen molar-refractivity contribution in [3.8, 4) is 0 Å². The molecule has 0 aromatic carbocycles. The van der Waals surface area contributed by atoms with Gasteiger partial charge in [0, 0.05) is 0 Å². The van der Waals surface area contributed by atoms with Crippen LogP contribution in [0.3, 0.4) is 0 Å². The Hall–Kier alpha value is -0.490. The minimum absolute atomic E-state index is 0.682. The van der Waals surface area contributed by atoms with E-state index in [2.05, 4.69) is 0 Å². The molecule has 0 bridgehead atoms. The van der Waals surface area contributed by atoms with Crippen molar-refractivity contribution >= 4 is 5.78 Å². The zero-order valence-electron chi connectivity index (χ0n) is 6.27. The molecule has 3 atom stereocenters. The van der Waals surface area contributed by atoms with Gasteiger partial charge in [0.25, 0.3) is 0 Å². The number of aliphatic hydroxyl groups excluding tert-OH is 3. The molecule has 0 aromatic heterocycles. The molecule has 0 amide bonds. The minimum atomic E-state index is -1.31. The lowest BCUT2D eigenvalue weighted by atomic mass is 10.0. The molecule has 0 fully saturated rings. The van der Waals surface area contributed by atoms with Crippen molar-refractivity contribution in [3.05, 3.63) is 0 Å². The highest BCUT2D eigenvalue weighted by atomic mass is 16.3. The predicted octanol–water partition coefficient (Wildman–Crippen LogP) is -2.38. The van der Waals surface area contributed by atoms with Crippen molar-refractivity contribution in [2.24, 2.45) is 5.73 Å². The fourth-order valence-corrected chi connectivity index (χ4v) is 0.596. The van der Waals surface area contributed by atoms with Crippen molar-refractivity contribution in [1.82, 2.24) is 0 Å². The van der Waals surface area contributed by atoms with E-state index in [0.717, 1.165) is 0 Å². The maximum atomic E-state index is 10.6. The molecule has 0 aliphatic carbocycles. The summed E-state index contributed by atoms with van der Waals surface area (Å²) in [6, 6.07) is -1.21. The number of nitrogens with two attached hydrogens (primary N) is 1. The van der Waals surface area contributed by atoms with Gasteiger partial charge in [-0.2, -0.15) is 0 Å². The van der Waals surface area contributed by atoms with E-state index in [-0.39, 0.29) is 0 Å². The molecule has 66 valence electrons. The summed E-state index contributed by atoms with van der Waals surface area (Å²) >= 11 is 0. The highest BCUT2D eigenvalue weighted by Crippen LogP contribution is 1.97.